The number of hydrogen-bond acceptors (Lipinski definition) is 8. The molecule has 4 rings (SSSR count). The van der Waals surface area contributed by atoms with E-state index in [9.17, 15) is 28.2 Å². The number of carbonyl (C=O) groups excluding carboxylic acids is 2. The molecule has 5 unspecified atom stereocenters. The van der Waals surface area contributed by atoms with Crippen molar-refractivity contribution in [3.8, 4) is 0 Å². The predicted molar refractivity (Wildman–Crippen MR) is 149 cm³/mol. The van der Waals surface area contributed by atoms with E-state index in [2.05, 4.69) is 22.3 Å². The van der Waals surface area contributed by atoms with E-state index < -0.39 is 27.0 Å². The lowest BCUT2D eigenvalue weighted by Crippen LogP contribution is -2.57. The van der Waals surface area contributed by atoms with Crippen LogP contribution in [0.4, 0.5) is 5.13 Å². The number of benzene rings is 1. The molecule has 12 heteroatoms. The zero-order chi connectivity index (χ0) is 28.6. The molecule has 1 saturated carbocycles. The molecule has 5 atom stereocenters. The first-order chi connectivity index (χ1) is 18.3. The Morgan fingerprint density at radius 1 is 1.15 bits per heavy atom. The number of nitrogens with one attached hydrogen (secondary N) is 3. The van der Waals surface area contributed by atoms with Crippen LogP contribution < -0.4 is 15.4 Å². The summed E-state index contributed by atoms with van der Waals surface area (Å²) in [6, 6.07) is 6.55. The second-order valence-electron chi connectivity index (χ2n) is 11.3. The molecular formula is C27H38N4O6S2. The van der Waals surface area contributed by atoms with Gasteiger partial charge in [0.1, 0.15) is 0 Å². The summed E-state index contributed by atoms with van der Waals surface area (Å²) < 4.78 is 28.8. The highest BCUT2D eigenvalue weighted by Gasteiger charge is 2.59. The summed E-state index contributed by atoms with van der Waals surface area (Å²) >= 11 is 1.24. The SMILES string of the molecule is CC(=O)NCCNC(=O)CC1c2nc(NS(=O)(=O)c3ccc(C)cc3)sc2CC2C(C)(CO)C(O)CCC12C. The van der Waals surface area contributed by atoms with Gasteiger partial charge in [-0.3, -0.25) is 14.3 Å². The molecule has 0 saturated heterocycles. The van der Waals surface area contributed by atoms with Gasteiger partial charge in [-0.05, 0) is 49.7 Å². The quantitative estimate of drug-likeness (QED) is 0.286. The number of anilines is 1. The first kappa shape index (κ1) is 29.4. The third-order valence-corrected chi connectivity index (χ3v) is 11.2. The fourth-order valence-electron chi connectivity index (χ4n) is 6.28. The first-order valence-corrected chi connectivity index (χ1v) is 15.5. The van der Waals surface area contributed by atoms with Crippen LogP contribution in [-0.4, -0.2) is 61.2 Å². The highest BCUT2D eigenvalue weighted by atomic mass is 32.2. The highest BCUT2D eigenvalue weighted by Crippen LogP contribution is 2.62. The molecule has 0 bridgehead atoms. The number of thiazole rings is 1. The Hall–Kier alpha value is -2.54. The van der Waals surface area contributed by atoms with Crippen molar-refractivity contribution in [1.29, 1.82) is 0 Å². The lowest BCUT2D eigenvalue weighted by atomic mass is 9.47. The number of fused-ring (bicyclic) bond motifs is 2. The second kappa shape index (κ2) is 11.1. The average Bonchev–Trinajstić information content (AvgIpc) is 3.27. The van der Waals surface area contributed by atoms with Crippen molar-refractivity contribution in [2.75, 3.05) is 24.4 Å². The van der Waals surface area contributed by atoms with Crippen LogP contribution in [0, 0.1) is 23.7 Å². The lowest BCUT2D eigenvalue weighted by Gasteiger charge is -2.58. The smallest absolute Gasteiger partial charge is 0.263 e. The van der Waals surface area contributed by atoms with E-state index in [4.69, 9.17) is 4.98 Å². The molecule has 1 aromatic carbocycles. The van der Waals surface area contributed by atoms with E-state index in [0.717, 1.165) is 10.4 Å². The maximum atomic E-state index is 13.1. The van der Waals surface area contributed by atoms with Gasteiger partial charge in [0.15, 0.2) is 5.13 Å². The fraction of sp³-hybridized carbons (Fsp3) is 0.593. The van der Waals surface area contributed by atoms with E-state index in [1.165, 1.54) is 18.3 Å². The number of carbonyl (C=O) groups is 2. The van der Waals surface area contributed by atoms with Crippen molar-refractivity contribution in [3.63, 3.8) is 0 Å². The lowest BCUT2D eigenvalue weighted by molar-refractivity contribution is -0.144. The molecule has 10 nitrogen and oxygen atoms in total. The van der Waals surface area contributed by atoms with Crippen molar-refractivity contribution in [3.05, 3.63) is 40.4 Å². The summed E-state index contributed by atoms with van der Waals surface area (Å²) in [6.07, 6.45) is 1.06. The number of aliphatic hydroxyl groups is 2. The van der Waals surface area contributed by atoms with Gasteiger partial charge in [-0.25, -0.2) is 13.4 Å². The molecule has 1 heterocycles. The number of hydrogen-bond donors (Lipinski definition) is 5. The molecular weight excluding hydrogens is 540 g/mol. The van der Waals surface area contributed by atoms with E-state index in [-0.39, 0.29) is 53.2 Å². The van der Waals surface area contributed by atoms with Crippen LogP contribution in [0.3, 0.4) is 0 Å². The minimum absolute atomic E-state index is 0.117. The van der Waals surface area contributed by atoms with Crippen LogP contribution in [0.15, 0.2) is 29.2 Å². The maximum Gasteiger partial charge on any atom is 0.263 e. The van der Waals surface area contributed by atoms with Gasteiger partial charge < -0.3 is 20.8 Å². The van der Waals surface area contributed by atoms with Crippen LogP contribution in [-0.2, 0) is 26.0 Å². The maximum absolute atomic E-state index is 13.1. The standard InChI is InChI=1S/C27H38N4O6S2/c1-16-5-7-18(8-6-16)39(36,37)31-25-30-24-19(13-23(35)29-12-11-28-17(2)33)26(3)10-9-22(34)27(4,15-32)21(26)14-20(24)38-25/h5-8,19,21-22,32,34H,9-15H2,1-4H3,(H,28,33)(H,29,35)(H,30,31). The zero-order valence-corrected chi connectivity index (χ0v) is 24.4. The minimum atomic E-state index is -3.87. The molecule has 39 heavy (non-hydrogen) atoms. The molecule has 1 fully saturated rings. The summed E-state index contributed by atoms with van der Waals surface area (Å²) in [5, 5.41) is 27.1. The molecule has 2 amide bonds. The fourth-order valence-corrected chi connectivity index (χ4v) is 8.58. The number of nitrogens with zero attached hydrogens (tertiary/aromatic N) is 1. The van der Waals surface area contributed by atoms with Gasteiger partial charge in [0, 0.05) is 42.6 Å². The average molecular weight is 579 g/mol. The largest absolute Gasteiger partial charge is 0.396 e. The summed E-state index contributed by atoms with van der Waals surface area (Å²) in [5.41, 5.74) is 0.395. The molecule has 0 aliphatic heterocycles. The third kappa shape index (κ3) is 5.84. The number of rotatable bonds is 9. The van der Waals surface area contributed by atoms with E-state index in [1.807, 2.05) is 13.8 Å². The Morgan fingerprint density at radius 2 is 1.82 bits per heavy atom. The third-order valence-electron chi connectivity index (χ3n) is 8.66. The highest BCUT2D eigenvalue weighted by molar-refractivity contribution is 7.93. The van der Waals surface area contributed by atoms with Crippen molar-refractivity contribution in [1.82, 2.24) is 15.6 Å². The van der Waals surface area contributed by atoms with Gasteiger partial charge in [-0.2, -0.15) is 0 Å². The second-order valence-corrected chi connectivity index (χ2v) is 14.1. The normalized spacial score (nSPS) is 28.2. The number of amides is 2. The van der Waals surface area contributed by atoms with Gasteiger partial charge in [-0.1, -0.05) is 31.5 Å². The van der Waals surface area contributed by atoms with Crippen molar-refractivity contribution in [2.45, 2.75) is 70.3 Å². The molecule has 0 spiro atoms. The van der Waals surface area contributed by atoms with Crippen molar-refractivity contribution >= 4 is 38.3 Å². The zero-order valence-electron chi connectivity index (χ0n) is 22.8. The van der Waals surface area contributed by atoms with Gasteiger partial charge in [0.2, 0.25) is 11.8 Å². The van der Waals surface area contributed by atoms with Gasteiger partial charge >= 0.3 is 0 Å². The Morgan fingerprint density at radius 3 is 2.46 bits per heavy atom. The van der Waals surface area contributed by atoms with Crippen molar-refractivity contribution < 1.29 is 28.2 Å². The Kier molecular flexibility index (Phi) is 8.42. The number of sulfonamides is 1. The minimum Gasteiger partial charge on any atom is -0.396 e. The van der Waals surface area contributed by atoms with E-state index in [0.29, 0.717) is 31.5 Å². The van der Waals surface area contributed by atoms with Gasteiger partial charge in [0.25, 0.3) is 10.0 Å². The summed E-state index contributed by atoms with van der Waals surface area (Å²) in [5.74, 6) is -0.877. The van der Waals surface area contributed by atoms with Crippen LogP contribution >= 0.6 is 11.3 Å². The summed E-state index contributed by atoms with van der Waals surface area (Å²) in [6.45, 7) is 7.66. The number of aryl methyl sites for hydroxylation is 1. The monoisotopic (exact) mass is 578 g/mol. The molecule has 0 radical (unpaired) electrons. The van der Waals surface area contributed by atoms with Crippen molar-refractivity contribution in [2.24, 2.45) is 16.7 Å². The van der Waals surface area contributed by atoms with Crippen LogP contribution in [0.5, 0.6) is 0 Å². The Bertz CT molecular complexity index is 1330. The first-order valence-electron chi connectivity index (χ1n) is 13.2. The van der Waals surface area contributed by atoms with E-state index >= 15 is 0 Å². The van der Waals surface area contributed by atoms with Crippen LogP contribution in [0.1, 0.15) is 62.1 Å². The number of aromatic nitrogens is 1. The topological polar surface area (TPSA) is 158 Å². The Balaban J connectivity index is 1.67. The summed E-state index contributed by atoms with van der Waals surface area (Å²) in [7, 11) is -3.87. The van der Waals surface area contributed by atoms with Gasteiger partial charge in [-0.15, -0.1) is 11.3 Å². The van der Waals surface area contributed by atoms with Crippen LogP contribution in [0.2, 0.25) is 0 Å². The molecule has 1 aromatic heterocycles. The number of aliphatic hydroxyl groups excluding tert-OH is 2. The summed E-state index contributed by atoms with van der Waals surface area (Å²) in [4.78, 5) is 29.9. The molecule has 2 aliphatic carbocycles. The molecule has 214 valence electrons. The predicted octanol–water partition coefficient (Wildman–Crippen LogP) is 2.31. The molecule has 5 N–H and O–H groups in total. The van der Waals surface area contributed by atoms with Crippen LogP contribution in [0.25, 0.3) is 0 Å². The Labute approximate surface area is 233 Å². The van der Waals surface area contributed by atoms with E-state index in [1.54, 1.807) is 24.3 Å². The molecule has 2 aromatic rings. The molecule has 2 aliphatic rings. The van der Waals surface area contributed by atoms with Gasteiger partial charge in [0.05, 0.1) is 23.3 Å².